The monoisotopic (exact) mass is 245 g/mol. The van der Waals surface area contributed by atoms with Crippen LogP contribution < -0.4 is 0 Å². The van der Waals surface area contributed by atoms with E-state index in [2.05, 4.69) is 23.1 Å². The number of carbonyl (C=O) groups excluding carboxylic acids is 1. The fourth-order valence-corrected chi connectivity index (χ4v) is 3.12. The van der Waals surface area contributed by atoms with Crippen LogP contribution in [0.5, 0.6) is 0 Å². The number of rotatable bonds is 0. The van der Waals surface area contributed by atoms with E-state index in [-0.39, 0.29) is 5.92 Å². The van der Waals surface area contributed by atoms with Gasteiger partial charge >= 0.3 is 0 Å². The number of hydrogen-bond donors (Lipinski definition) is 0. The van der Waals surface area contributed by atoms with Crippen LogP contribution in [0.3, 0.4) is 0 Å². The Morgan fingerprint density at radius 3 is 2.56 bits per heavy atom. The van der Waals surface area contributed by atoms with E-state index in [0.717, 1.165) is 19.5 Å². The smallest absolute Gasteiger partial charge is 0.229 e. The molecular weight excluding hydrogens is 222 g/mol. The molecule has 18 heavy (non-hydrogen) atoms. The number of carbonyl (C=O) groups is 1. The van der Waals surface area contributed by atoms with Crippen molar-refractivity contribution in [3.63, 3.8) is 0 Å². The molecule has 2 heteroatoms. The van der Waals surface area contributed by atoms with Gasteiger partial charge in [-0.25, -0.2) is 0 Å². The van der Waals surface area contributed by atoms with Gasteiger partial charge < -0.3 is 4.90 Å². The molecule has 2 atom stereocenters. The van der Waals surface area contributed by atoms with Gasteiger partial charge in [0, 0.05) is 19.0 Å². The minimum atomic E-state index is 0.0410. The Bertz CT molecular complexity index is 427. The lowest BCUT2D eigenvalue weighted by Crippen LogP contribution is -2.38. The van der Waals surface area contributed by atoms with Gasteiger partial charge in [0.25, 0.3) is 0 Å². The van der Waals surface area contributed by atoms with Crippen molar-refractivity contribution in [1.29, 1.82) is 0 Å². The third-order valence-corrected chi connectivity index (χ3v) is 4.01. The first kappa shape index (κ1) is 13.1. The fraction of sp³-hybridized carbons (Fsp3) is 0.562. The van der Waals surface area contributed by atoms with Crippen molar-refractivity contribution in [1.82, 2.24) is 4.90 Å². The maximum absolute atomic E-state index is 12.2. The van der Waals surface area contributed by atoms with E-state index in [4.69, 9.17) is 0 Å². The number of amides is 1. The number of fused-ring (bicyclic) bond motifs is 4. The second kappa shape index (κ2) is 5.55. The number of hydrogen-bond acceptors (Lipinski definition) is 1. The normalized spacial score (nSPS) is 25.7. The van der Waals surface area contributed by atoms with Crippen molar-refractivity contribution in [3.05, 3.63) is 35.4 Å². The predicted molar refractivity (Wildman–Crippen MR) is 74.8 cm³/mol. The lowest BCUT2D eigenvalue weighted by Gasteiger charge is -2.31. The second-order valence-electron chi connectivity index (χ2n) is 4.97. The molecule has 2 unspecified atom stereocenters. The molecule has 1 aromatic rings. The highest BCUT2D eigenvalue weighted by Crippen LogP contribution is 2.37. The molecule has 98 valence electrons. The fourth-order valence-electron chi connectivity index (χ4n) is 3.12. The average Bonchev–Trinajstić information content (AvgIpc) is 2.53. The first-order chi connectivity index (χ1) is 8.77. The first-order valence-electron chi connectivity index (χ1n) is 7.15. The van der Waals surface area contributed by atoms with Gasteiger partial charge in [0.2, 0.25) is 5.91 Å². The van der Waals surface area contributed by atoms with E-state index < -0.39 is 0 Å². The molecule has 0 radical (unpaired) electrons. The minimum absolute atomic E-state index is 0.0410. The third-order valence-electron chi connectivity index (χ3n) is 4.01. The van der Waals surface area contributed by atoms with E-state index >= 15 is 0 Å². The van der Waals surface area contributed by atoms with E-state index in [0.29, 0.717) is 11.8 Å². The molecule has 2 heterocycles. The average molecular weight is 245 g/mol. The van der Waals surface area contributed by atoms with E-state index in [9.17, 15) is 4.79 Å². The van der Waals surface area contributed by atoms with Crippen LogP contribution in [0, 0.1) is 0 Å². The Morgan fingerprint density at radius 2 is 1.83 bits per heavy atom. The molecule has 1 saturated heterocycles. The summed E-state index contributed by atoms with van der Waals surface area (Å²) in [5.74, 6) is 0.924. The van der Waals surface area contributed by atoms with Crippen LogP contribution in [-0.4, -0.2) is 23.9 Å². The van der Waals surface area contributed by atoms with Crippen molar-refractivity contribution in [2.45, 2.75) is 45.4 Å². The predicted octanol–water partition coefficient (Wildman–Crippen LogP) is 3.54. The standard InChI is InChI=1S/C14H17NO.C2H6/c1-10-12-6-2-3-7-13(12)11-5-4-8-15(9-11)14(10)16;1-2/h2-3,6-7,10-11H,4-5,8-9H2,1H3;1-2H3. The summed E-state index contributed by atoms with van der Waals surface area (Å²) in [4.78, 5) is 14.3. The molecule has 1 fully saturated rings. The maximum Gasteiger partial charge on any atom is 0.229 e. The highest BCUT2D eigenvalue weighted by Gasteiger charge is 2.34. The minimum Gasteiger partial charge on any atom is -0.342 e. The van der Waals surface area contributed by atoms with E-state index in [1.54, 1.807) is 0 Å². The second-order valence-corrected chi connectivity index (χ2v) is 4.97. The van der Waals surface area contributed by atoms with Crippen LogP contribution in [0.15, 0.2) is 24.3 Å². The molecule has 0 saturated carbocycles. The number of benzene rings is 1. The Morgan fingerprint density at radius 1 is 1.17 bits per heavy atom. The molecule has 2 bridgehead atoms. The summed E-state index contributed by atoms with van der Waals surface area (Å²) >= 11 is 0. The lowest BCUT2D eigenvalue weighted by atomic mass is 9.87. The maximum atomic E-state index is 12.2. The summed E-state index contributed by atoms with van der Waals surface area (Å²) in [6, 6.07) is 8.48. The quantitative estimate of drug-likeness (QED) is 0.684. The third kappa shape index (κ3) is 2.16. The van der Waals surface area contributed by atoms with Gasteiger partial charge in [0.05, 0.1) is 5.92 Å². The molecule has 2 nitrogen and oxygen atoms in total. The summed E-state index contributed by atoms with van der Waals surface area (Å²) in [5, 5.41) is 0. The van der Waals surface area contributed by atoms with Gasteiger partial charge in [-0.2, -0.15) is 0 Å². The largest absolute Gasteiger partial charge is 0.342 e. The van der Waals surface area contributed by atoms with Gasteiger partial charge in [-0.3, -0.25) is 4.79 Å². The summed E-state index contributed by atoms with van der Waals surface area (Å²) in [6.07, 6.45) is 2.38. The van der Waals surface area contributed by atoms with Crippen LogP contribution in [0.2, 0.25) is 0 Å². The molecular formula is C16H23NO. The van der Waals surface area contributed by atoms with Crippen LogP contribution >= 0.6 is 0 Å². The van der Waals surface area contributed by atoms with Crippen molar-refractivity contribution in [2.24, 2.45) is 0 Å². The zero-order chi connectivity index (χ0) is 13.1. The lowest BCUT2D eigenvalue weighted by molar-refractivity contribution is -0.133. The van der Waals surface area contributed by atoms with Gasteiger partial charge in [-0.1, -0.05) is 38.1 Å². The molecule has 3 rings (SSSR count). The Hall–Kier alpha value is -1.31. The van der Waals surface area contributed by atoms with Gasteiger partial charge in [0.1, 0.15) is 0 Å². The van der Waals surface area contributed by atoms with Crippen LogP contribution in [0.4, 0.5) is 0 Å². The summed E-state index contributed by atoms with van der Waals surface area (Å²) < 4.78 is 0. The SMILES string of the molecule is CC.CC1C(=O)N2CCCC(C2)c2ccccc21. The molecule has 2 aliphatic rings. The number of piperidine rings is 1. The summed E-state index contributed by atoms with van der Waals surface area (Å²) in [6.45, 7) is 7.93. The van der Waals surface area contributed by atoms with Gasteiger partial charge in [-0.15, -0.1) is 0 Å². The highest BCUT2D eigenvalue weighted by molar-refractivity contribution is 5.84. The van der Waals surface area contributed by atoms with Crippen molar-refractivity contribution >= 4 is 5.91 Å². The molecule has 0 spiro atoms. The first-order valence-corrected chi connectivity index (χ1v) is 7.15. The Kier molecular flexibility index (Phi) is 4.05. The summed E-state index contributed by atoms with van der Waals surface area (Å²) in [7, 11) is 0. The van der Waals surface area contributed by atoms with Crippen molar-refractivity contribution in [2.75, 3.05) is 13.1 Å². The van der Waals surface area contributed by atoms with E-state index in [1.165, 1.54) is 17.5 Å². The molecule has 1 amide bonds. The Balaban J connectivity index is 0.000000574. The molecule has 0 N–H and O–H groups in total. The number of nitrogens with zero attached hydrogens (tertiary/aromatic N) is 1. The van der Waals surface area contributed by atoms with Crippen LogP contribution in [-0.2, 0) is 4.79 Å². The summed E-state index contributed by atoms with van der Waals surface area (Å²) in [5.41, 5.74) is 2.66. The zero-order valence-corrected chi connectivity index (χ0v) is 11.6. The topological polar surface area (TPSA) is 20.3 Å². The zero-order valence-electron chi connectivity index (χ0n) is 11.6. The molecule has 2 aliphatic heterocycles. The molecule has 1 aromatic carbocycles. The molecule has 0 aliphatic carbocycles. The van der Waals surface area contributed by atoms with Crippen LogP contribution in [0.25, 0.3) is 0 Å². The Labute approximate surface area is 110 Å². The highest BCUT2D eigenvalue weighted by atomic mass is 16.2. The van der Waals surface area contributed by atoms with Gasteiger partial charge in [0.15, 0.2) is 0 Å². The van der Waals surface area contributed by atoms with Crippen molar-refractivity contribution < 1.29 is 4.79 Å². The molecule has 0 aromatic heterocycles. The van der Waals surface area contributed by atoms with Crippen LogP contribution in [0.1, 0.15) is 56.6 Å². The van der Waals surface area contributed by atoms with E-state index in [1.807, 2.05) is 26.8 Å². The van der Waals surface area contributed by atoms with Crippen molar-refractivity contribution in [3.8, 4) is 0 Å². The van der Waals surface area contributed by atoms with Gasteiger partial charge in [-0.05, 0) is 30.9 Å².